The summed E-state index contributed by atoms with van der Waals surface area (Å²) in [7, 11) is 1.60. The summed E-state index contributed by atoms with van der Waals surface area (Å²) in [5.74, 6) is 0.414. The Morgan fingerprint density at radius 1 is 1.19 bits per heavy atom. The number of nitrogens with zero attached hydrogens (tertiary/aromatic N) is 2. The van der Waals surface area contributed by atoms with Crippen molar-refractivity contribution in [1.29, 1.82) is 0 Å². The molecule has 0 saturated heterocycles. The standard InChI is InChI=1S/C23H22N2O4S2/c1-15-12-19-21(31-15)22(27)25(17-8-10-18(28-2)11-9-17)23(24-19)30-14-20(26)29-13-16-6-4-3-5-7-16/h3-11,15H,12-14H2,1-2H3. The summed E-state index contributed by atoms with van der Waals surface area (Å²) >= 11 is 2.76. The topological polar surface area (TPSA) is 70.4 Å². The summed E-state index contributed by atoms with van der Waals surface area (Å²) in [5, 5.41) is 0.788. The van der Waals surface area contributed by atoms with Gasteiger partial charge in [0.15, 0.2) is 5.16 Å². The van der Waals surface area contributed by atoms with E-state index in [1.54, 1.807) is 35.6 Å². The molecule has 31 heavy (non-hydrogen) atoms. The fourth-order valence-electron chi connectivity index (χ4n) is 3.26. The summed E-state index contributed by atoms with van der Waals surface area (Å²) < 4.78 is 12.2. The third kappa shape index (κ3) is 4.97. The van der Waals surface area contributed by atoms with E-state index in [2.05, 4.69) is 6.92 Å². The van der Waals surface area contributed by atoms with Crippen molar-refractivity contribution in [3.05, 3.63) is 76.2 Å². The number of esters is 1. The largest absolute Gasteiger partial charge is 0.497 e. The Morgan fingerprint density at radius 2 is 1.94 bits per heavy atom. The van der Waals surface area contributed by atoms with Gasteiger partial charge in [0.05, 0.1) is 29.1 Å². The lowest BCUT2D eigenvalue weighted by Crippen LogP contribution is -2.24. The molecule has 0 amide bonds. The number of ether oxygens (including phenoxy) is 2. The number of hydrogen-bond donors (Lipinski definition) is 0. The second kappa shape index (κ2) is 9.62. The minimum Gasteiger partial charge on any atom is -0.497 e. The van der Waals surface area contributed by atoms with Gasteiger partial charge in [-0.3, -0.25) is 14.2 Å². The van der Waals surface area contributed by atoms with Crippen LogP contribution in [0.3, 0.4) is 0 Å². The Labute approximate surface area is 189 Å². The highest BCUT2D eigenvalue weighted by atomic mass is 32.2. The van der Waals surface area contributed by atoms with Crippen LogP contribution < -0.4 is 10.3 Å². The van der Waals surface area contributed by atoms with Crippen molar-refractivity contribution in [2.75, 3.05) is 12.9 Å². The van der Waals surface area contributed by atoms with Crippen LogP contribution in [0.5, 0.6) is 5.75 Å². The monoisotopic (exact) mass is 454 g/mol. The molecule has 0 fully saturated rings. The zero-order valence-corrected chi connectivity index (χ0v) is 18.9. The fraction of sp³-hybridized carbons (Fsp3) is 0.261. The van der Waals surface area contributed by atoms with Crippen molar-refractivity contribution >= 4 is 29.5 Å². The summed E-state index contributed by atoms with van der Waals surface area (Å²) in [5.41, 5.74) is 2.30. The molecule has 1 aromatic heterocycles. The van der Waals surface area contributed by atoms with Gasteiger partial charge >= 0.3 is 5.97 Å². The molecule has 1 aliphatic heterocycles. The molecule has 4 rings (SSSR count). The maximum absolute atomic E-state index is 13.3. The fourth-order valence-corrected chi connectivity index (χ4v) is 5.18. The normalized spacial score (nSPS) is 14.8. The SMILES string of the molecule is COc1ccc(-n2c(SCC(=O)OCc3ccccc3)nc3c(c2=O)SC(C)C3)cc1. The van der Waals surface area contributed by atoms with Crippen LogP contribution in [0, 0.1) is 0 Å². The van der Waals surface area contributed by atoms with Gasteiger partial charge in [-0.05, 0) is 29.8 Å². The van der Waals surface area contributed by atoms with Crippen LogP contribution >= 0.6 is 23.5 Å². The van der Waals surface area contributed by atoms with Crippen molar-refractivity contribution in [1.82, 2.24) is 9.55 Å². The molecule has 2 heterocycles. The summed E-state index contributed by atoms with van der Waals surface area (Å²) in [4.78, 5) is 31.0. The first-order valence-corrected chi connectivity index (χ1v) is 11.7. The van der Waals surface area contributed by atoms with E-state index in [1.807, 2.05) is 42.5 Å². The summed E-state index contributed by atoms with van der Waals surface area (Å²) in [6.07, 6.45) is 0.741. The van der Waals surface area contributed by atoms with Gasteiger partial charge in [-0.25, -0.2) is 4.98 Å². The molecule has 1 unspecified atom stereocenters. The van der Waals surface area contributed by atoms with E-state index in [4.69, 9.17) is 14.5 Å². The summed E-state index contributed by atoms with van der Waals surface area (Å²) in [6, 6.07) is 16.8. The van der Waals surface area contributed by atoms with Gasteiger partial charge in [0, 0.05) is 11.7 Å². The minimum atomic E-state index is -0.354. The van der Waals surface area contributed by atoms with E-state index in [1.165, 1.54) is 11.8 Å². The number of aromatic nitrogens is 2. The predicted molar refractivity (Wildman–Crippen MR) is 122 cm³/mol. The van der Waals surface area contributed by atoms with Crippen molar-refractivity contribution in [2.45, 2.75) is 35.3 Å². The van der Waals surface area contributed by atoms with Crippen LogP contribution in [-0.4, -0.2) is 33.6 Å². The molecule has 0 saturated carbocycles. The van der Waals surface area contributed by atoms with Gasteiger partial charge < -0.3 is 9.47 Å². The molecular formula is C23H22N2O4S2. The van der Waals surface area contributed by atoms with Gasteiger partial charge in [-0.15, -0.1) is 11.8 Å². The van der Waals surface area contributed by atoms with Crippen molar-refractivity contribution in [3.8, 4) is 11.4 Å². The van der Waals surface area contributed by atoms with Crippen LogP contribution in [0.4, 0.5) is 0 Å². The highest BCUT2D eigenvalue weighted by Gasteiger charge is 2.27. The van der Waals surface area contributed by atoms with Gasteiger partial charge in [0.25, 0.3) is 5.56 Å². The lowest BCUT2D eigenvalue weighted by Gasteiger charge is -2.14. The van der Waals surface area contributed by atoms with Crippen molar-refractivity contribution < 1.29 is 14.3 Å². The van der Waals surface area contributed by atoms with Gasteiger partial charge in [-0.2, -0.15) is 0 Å². The van der Waals surface area contributed by atoms with Crippen LogP contribution in [0.15, 0.2) is 69.4 Å². The van der Waals surface area contributed by atoms with E-state index >= 15 is 0 Å². The Balaban J connectivity index is 1.57. The van der Waals surface area contributed by atoms with Gasteiger partial charge in [0.2, 0.25) is 0 Å². The zero-order valence-electron chi connectivity index (χ0n) is 17.2. The molecule has 8 heteroatoms. The molecule has 2 aromatic carbocycles. The van der Waals surface area contributed by atoms with Crippen LogP contribution in [0.25, 0.3) is 5.69 Å². The predicted octanol–water partition coefficient (Wildman–Crippen LogP) is 4.11. The third-order valence-electron chi connectivity index (χ3n) is 4.77. The molecule has 0 N–H and O–H groups in total. The number of benzene rings is 2. The highest BCUT2D eigenvalue weighted by molar-refractivity contribution is 8.00. The molecule has 0 aliphatic carbocycles. The summed E-state index contributed by atoms with van der Waals surface area (Å²) in [6.45, 7) is 2.30. The first kappa shape index (κ1) is 21.5. The van der Waals surface area contributed by atoms with E-state index in [9.17, 15) is 9.59 Å². The maximum Gasteiger partial charge on any atom is 0.316 e. The lowest BCUT2D eigenvalue weighted by molar-refractivity contribution is -0.141. The Hall–Kier alpha value is -2.71. The first-order valence-electron chi connectivity index (χ1n) is 9.84. The van der Waals surface area contributed by atoms with E-state index in [0.29, 0.717) is 26.7 Å². The van der Waals surface area contributed by atoms with Gasteiger partial charge in [-0.1, -0.05) is 49.0 Å². The zero-order chi connectivity index (χ0) is 21.8. The van der Waals surface area contributed by atoms with E-state index in [0.717, 1.165) is 17.7 Å². The molecule has 0 bridgehead atoms. The molecule has 0 spiro atoms. The molecule has 6 nitrogen and oxygen atoms in total. The quantitative estimate of drug-likeness (QED) is 0.302. The maximum atomic E-state index is 13.3. The van der Waals surface area contributed by atoms with E-state index in [-0.39, 0.29) is 23.9 Å². The number of rotatable bonds is 7. The Kier molecular flexibility index (Phi) is 6.67. The van der Waals surface area contributed by atoms with Gasteiger partial charge in [0.1, 0.15) is 12.4 Å². The lowest BCUT2D eigenvalue weighted by atomic mass is 10.2. The smallest absolute Gasteiger partial charge is 0.316 e. The molecule has 1 aliphatic rings. The first-order chi connectivity index (χ1) is 15.0. The molecular weight excluding hydrogens is 432 g/mol. The molecule has 160 valence electrons. The average molecular weight is 455 g/mol. The number of fused-ring (bicyclic) bond motifs is 1. The second-order valence-electron chi connectivity index (χ2n) is 7.08. The number of methoxy groups -OCH3 is 1. The van der Waals surface area contributed by atoms with Crippen LogP contribution in [-0.2, 0) is 22.6 Å². The van der Waals surface area contributed by atoms with Crippen molar-refractivity contribution in [3.63, 3.8) is 0 Å². The number of carbonyl (C=O) groups is 1. The number of thioether (sulfide) groups is 2. The van der Waals surface area contributed by atoms with Crippen LogP contribution in [0.1, 0.15) is 18.2 Å². The number of carbonyl (C=O) groups excluding carboxylic acids is 1. The van der Waals surface area contributed by atoms with Crippen molar-refractivity contribution in [2.24, 2.45) is 0 Å². The average Bonchev–Trinajstić information content (AvgIpc) is 3.18. The molecule has 0 radical (unpaired) electrons. The molecule has 1 atom stereocenters. The molecule has 3 aromatic rings. The third-order valence-corrected chi connectivity index (χ3v) is 6.90. The minimum absolute atomic E-state index is 0.0664. The Bertz CT molecular complexity index is 1130. The number of hydrogen-bond acceptors (Lipinski definition) is 7. The highest BCUT2D eigenvalue weighted by Crippen LogP contribution is 2.35. The second-order valence-corrected chi connectivity index (χ2v) is 9.47. The van der Waals surface area contributed by atoms with Crippen LogP contribution in [0.2, 0.25) is 0 Å². The Morgan fingerprint density at radius 3 is 2.65 bits per heavy atom. The van der Waals surface area contributed by atoms with E-state index < -0.39 is 0 Å².